The van der Waals surface area contributed by atoms with E-state index in [4.69, 9.17) is 5.73 Å². The van der Waals surface area contributed by atoms with Crippen LogP contribution in [0.15, 0.2) is 30.3 Å². The van der Waals surface area contributed by atoms with E-state index in [1.165, 1.54) is 37.8 Å². The van der Waals surface area contributed by atoms with Crippen molar-refractivity contribution in [2.75, 3.05) is 19.6 Å². The first-order valence-corrected chi connectivity index (χ1v) is 7.83. The Balaban J connectivity index is 1.91. The van der Waals surface area contributed by atoms with Gasteiger partial charge in [-0.1, -0.05) is 50.1 Å². The number of nitrogens with two attached hydrogens (primary N) is 1. The predicted molar refractivity (Wildman–Crippen MR) is 82.2 cm³/mol. The van der Waals surface area contributed by atoms with Crippen molar-refractivity contribution in [1.29, 1.82) is 0 Å². The molecule has 19 heavy (non-hydrogen) atoms. The highest BCUT2D eigenvalue weighted by Crippen LogP contribution is 2.27. The minimum Gasteiger partial charge on any atom is -0.330 e. The van der Waals surface area contributed by atoms with E-state index in [1.807, 2.05) is 0 Å². The summed E-state index contributed by atoms with van der Waals surface area (Å²) in [6.07, 6.45) is 6.56. The van der Waals surface area contributed by atoms with Crippen molar-refractivity contribution in [3.63, 3.8) is 0 Å². The summed E-state index contributed by atoms with van der Waals surface area (Å²) >= 11 is 0. The Hall–Kier alpha value is -0.860. The SMILES string of the molecule is CCN(CCc1ccccc1)C1CCCCC1CN. The Kier molecular flexibility index (Phi) is 5.87. The first-order valence-electron chi connectivity index (χ1n) is 7.83. The monoisotopic (exact) mass is 260 g/mol. The number of likely N-dealkylation sites (N-methyl/N-ethyl adjacent to an activating group) is 1. The molecule has 1 fully saturated rings. The molecule has 1 aromatic rings. The summed E-state index contributed by atoms with van der Waals surface area (Å²) in [5.41, 5.74) is 7.41. The number of benzene rings is 1. The maximum Gasteiger partial charge on any atom is 0.0136 e. The van der Waals surface area contributed by atoms with Gasteiger partial charge in [-0.2, -0.15) is 0 Å². The summed E-state index contributed by atoms with van der Waals surface area (Å²) in [7, 11) is 0. The standard InChI is InChI=1S/C17H28N2/c1-2-19(13-12-15-8-4-3-5-9-15)17-11-7-6-10-16(17)14-18/h3-5,8-9,16-17H,2,6-7,10-14,18H2,1H3. The molecule has 2 heteroatoms. The Morgan fingerprint density at radius 3 is 2.58 bits per heavy atom. The highest BCUT2D eigenvalue weighted by atomic mass is 15.2. The van der Waals surface area contributed by atoms with Crippen LogP contribution in [0.25, 0.3) is 0 Å². The van der Waals surface area contributed by atoms with Crippen molar-refractivity contribution in [3.8, 4) is 0 Å². The van der Waals surface area contributed by atoms with E-state index in [-0.39, 0.29) is 0 Å². The van der Waals surface area contributed by atoms with Crippen molar-refractivity contribution in [3.05, 3.63) is 35.9 Å². The van der Waals surface area contributed by atoms with E-state index in [2.05, 4.69) is 42.2 Å². The second-order valence-electron chi connectivity index (χ2n) is 5.71. The van der Waals surface area contributed by atoms with Gasteiger partial charge in [0.1, 0.15) is 0 Å². The Labute approximate surface area is 118 Å². The quantitative estimate of drug-likeness (QED) is 0.851. The van der Waals surface area contributed by atoms with Gasteiger partial charge in [0.25, 0.3) is 0 Å². The summed E-state index contributed by atoms with van der Waals surface area (Å²) < 4.78 is 0. The lowest BCUT2D eigenvalue weighted by Gasteiger charge is -2.39. The lowest BCUT2D eigenvalue weighted by atomic mass is 9.83. The number of nitrogens with zero attached hydrogens (tertiary/aromatic N) is 1. The molecule has 0 heterocycles. The van der Waals surface area contributed by atoms with Gasteiger partial charge in [0, 0.05) is 12.6 Å². The molecule has 0 aromatic heterocycles. The molecule has 0 saturated heterocycles. The van der Waals surface area contributed by atoms with Gasteiger partial charge >= 0.3 is 0 Å². The van der Waals surface area contributed by atoms with Crippen LogP contribution in [0.3, 0.4) is 0 Å². The zero-order chi connectivity index (χ0) is 13.5. The molecule has 0 aliphatic heterocycles. The third-order valence-corrected chi connectivity index (χ3v) is 4.58. The van der Waals surface area contributed by atoms with Crippen LogP contribution in [0.2, 0.25) is 0 Å². The number of hydrogen-bond acceptors (Lipinski definition) is 2. The summed E-state index contributed by atoms with van der Waals surface area (Å²) in [6.45, 7) is 5.45. The van der Waals surface area contributed by atoms with Crippen molar-refractivity contribution in [1.82, 2.24) is 4.90 Å². The molecule has 0 bridgehead atoms. The van der Waals surface area contributed by atoms with Crippen LogP contribution < -0.4 is 5.73 Å². The van der Waals surface area contributed by atoms with Gasteiger partial charge in [-0.3, -0.25) is 0 Å². The molecule has 0 amide bonds. The predicted octanol–water partition coefficient (Wildman–Crippen LogP) is 3.07. The largest absolute Gasteiger partial charge is 0.330 e. The van der Waals surface area contributed by atoms with Crippen molar-refractivity contribution in [2.45, 2.75) is 45.1 Å². The number of hydrogen-bond donors (Lipinski definition) is 1. The van der Waals surface area contributed by atoms with E-state index in [0.717, 1.165) is 19.5 Å². The lowest BCUT2D eigenvalue weighted by Crippen LogP contribution is -2.45. The van der Waals surface area contributed by atoms with Crippen LogP contribution in [0.1, 0.15) is 38.2 Å². The molecule has 0 radical (unpaired) electrons. The summed E-state index contributed by atoms with van der Waals surface area (Å²) in [5, 5.41) is 0. The van der Waals surface area contributed by atoms with Gasteiger partial charge in [0.05, 0.1) is 0 Å². The lowest BCUT2D eigenvalue weighted by molar-refractivity contribution is 0.113. The summed E-state index contributed by atoms with van der Waals surface area (Å²) in [5.74, 6) is 0.712. The molecule has 106 valence electrons. The first-order chi connectivity index (χ1) is 9.35. The van der Waals surface area contributed by atoms with Crippen LogP contribution in [0.5, 0.6) is 0 Å². The van der Waals surface area contributed by atoms with Gasteiger partial charge in [-0.15, -0.1) is 0 Å². The van der Waals surface area contributed by atoms with E-state index in [0.29, 0.717) is 12.0 Å². The number of rotatable bonds is 6. The molecular weight excluding hydrogens is 232 g/mol. The Morgan fingerprint density at radius 2 is 1.89 bits per heavy atom. The van der Waals surface area contributed by atoms with E-state index < -0.39 is 0 Å². The zero-order valence-corrected chi connectivity index (χ0v) is 12.2. The molecule has 2 atom stereocenters. The molecular formula is C17H28N2. The van der Waals surface area contributed by atoms with Gasteiger partial charge < -0.3 is 10.6 Å². The normalized spacial score (nSPS) is 23.7. The summed E-state index contributed by atoms with van der Waals surface area (Å²) in [6, 6.07) is 11.5. The summed E-state index contributed by atoms with van der Waals surface area (Å²) in [4.78, 5) is 2.66. The Morgan fingerprint density at radius 1 is 1.16 bits per heavy atom. The van der Waals surface area contributed by atoms with Gasteiger partial charge in [0.15, 0.2) is 0 Å². The third kappa shape index (κ3) is 4.05. The minimum absolute atomic E-state index is 0.712. The smallest absolute Gasteiger partial charge is 0.0136 e. The molecule has 0 spiro atoms. The van der Waals surface area contributed by atoms with Gasteiger partial charge in [-0.05, 0) is 43.8 Å². The fraction of sp³-hybridized carbons (Fsp3) is 0.647. The van der Waals surface area contributed by atoms with Crippen LogP contribution in [-0.4, -0.2) is 30.6 Å². The molecule has 1 aliphatic carbocycles. The average molecular weight is 260 g/mol. The van der Waals surface area contributed by atoms with E-state index in [1.54, 1.807) is 0 Å². The van der Waals surface area contributed by atoms with Crippen LogP contribution >= 0.6 is 0 Å². The molecule has 2 nitrogen and oxygen atoms in total. The average Bonchev–Trinajstić information content (AvgIpc) is 2.49. The van der Waals surface area contributed by atoms with E-state index in [9.17, 15) is 0 Å². The highest BCUT2D eigenvalue weighted by Gasteiger charge is 2.28. The Bertz CT molecular complexity index is 350. The molecule has 1 aliphatic rings. The fourth-order valence-corrected chi connectivity index (χ4v) is 3.42. The van der Waals surface area contributed by atoms with Gasteiger partial charge in [0.2, 0.25) is 0 Å². The maximum atomic E-state index is 5.97. The second-order valence-corrected chi connectivity index (χ2v) is 5.71. The minimum atomic E-state index is 0.712. The van der Waals surface area contributed by atoms with Gasteiger partial charge in [-0.25, -0.2) is 0 Å². The molecule has 2 unspecified atom stereocenters. The fourth-order valence-electron chi connectivity index (χ4n) is 3.42. The van der Waals surface area contributed by atoms with Crippen LogP contribution in [0.4, 0.5) is 0 Å². The zero-order valence-electron chi connectivity index (χ0n) is 12.2. The molecule has 2 rings (SSSR count). The first kappa shape index (κ1) is 14.5. The second kappa shape index (κ2) is 7.66. The third-order valence-electron chi connectivity index (χ3n) is 4.58. The molecule has 1 saturated carbocycles. The van der Waals surface area contributed by atoms with E-state index >= 15 is 0 Å². The molecule has 1 aromatic carbocycles. The van der Waals surface area contributed by atoms with Crippen molar-refractivity contribution in [2.24, 2.45) is 11.7 Å². The van der Waals surface area contributed by atoms with Crippen molar-refractivity contribution < 1.29 is 0 Å². The molecule has 2 N–H and O–H groups in total. The van der Waals surface area contributed by atoms with Crippen LogP contribution in [0, 0.1) is 5.92 Å². The maximum absolute atomic E-state index is 5.97. The topological polar surface area (TPSA) is 29.3 Å². The highest BCUT2D eigenvalue weighted by molar-refractivity contribution is 5.14. The van der Waals surface area contributed by atoms with Crippen molar-refractivity contribution >= 4 is 0 Å². The van der Waals surface area contributed by atoms with Crippen LogP contribution in [-0.2, 0) is 6.42 Å².